The van der Waals surface area contributed by atoms with Gasteiger partial charge < -0.3 is 10.0 Å². The number of hydrogen-bond acceptors (Lipinski definition) is 3. The van der Waals surface area contributed by atoms with Gasteiger partial charge >= 0.3 is 0 Å². The molecule has 0 aliphatic carbocycles. The molecule has 1 heterocycles. The van der Waals surface area contributed by atoms with E-state index >= 15 is 0 Å². The number of amides is 1. The first kappa shape index (κ1) is 13.8. The minimum Gasteiger partial charge on any atom is -0.384 e. The zero-order valence-corrected chi connectivity index (χ0v) is 11.1. The molecule has 0 bridgehead atoms. The second-order valence-electron chi connectivity index (χ2n) is 4.11. The second-order valence-corrected chi connectivity index (χ2v) is 4.11. The van der Waals surface area contributed by atoms with Crippen molar-refractivity contribution in [3.8, 4) is 11.8 Å². The van der Waals surface area contributed by atoms with E-state index in [4.69, 9.17) is 5.11 Å². The summed E-state index contributed by atoms with van der Waals surface area (Å²) in [6, 6.07) is 10.6. The average molecular weight is 266 g/mol. The van der Waals surface area contributed by atoms with Crippen LogP contribution in [0.5, 0.6) is 0 Å². The van der Waals surface area contributed by atoms with Gasteiger partial charge in [-0.05, 0) is 36.4 Å². The van der Waals surface area contributed by atoms with Crippen LogP contribution in [0.4, 0.5) is 5.69 Å². The molecule has 0 atom stereocenters. The molecule has 0 aliphatic heterocycles. The first-order valence-corrected chi connectivity index (χ1v) is 6.10. The van der Waals surface area contributed by atoms with Gasteiger partial charge in [-0.25, -0.2) is 0 Å². The van der Waals surface area contributed by atoms with Crippen LogP contribution in [-0.4, -0.2) is 29.7 Å². The minimum absolute atomic E-state index is 0.111. The van der Waals surface area contributed by atoms with E-state index in [0.29, 0.717) is 5.56 Å². The van der Waals surface area contributed by atoms with E-state index in [0.717, 1.165) is 11.3 Å². The van der Waals surface area contributed by atoms with Gasteiger partial charge in [0.1, 0.15) is 6.61 Å². The van der Waals surface area contributed by atoms with Crippen LogP contribution >= 0.6 is 0 Å². The lowest BCUT2D eigenvalue weighted by Gasteiger charge is -2.16. The summed E-state index contributed by atoms with van der Waals surface area (Å²) in [6.45, 7) is -0.176. The number of hydrogen-bond donors (Lipinski definition) is 1. The zero-order valence-electron chi connectivity index (χ0n) is 11.1. The average Bonchev–Trinajstić information content (AvgIpc) is 2.53. The van der Waals surface area contributed by atoms with E-state index in [1.807, 2.05) is 6.07 Å². The van der Waals surface area contributed by atoms with Crippen molar-refractivity contribution in [1.29, 1.82) is 0 Å². The zero-order chi connectivity index (χ0) is 14.4. The van der Waals surface area contributed by atoms with Crippen LogP contribution in [0.3, 0.4) is 0 Å². The number of benzene rings is 1. The first-order valence-electron chi connectivity index (χ1n) is 6.10. The maximum atomic E-state index is 12.3. The summed E-state index contributed by atoms with van der Waals surface area (Å²) >= 11 is 0. The lowest BCUT2D eigenvalue weighted by molar-refractivity contribution is 0.0993. The molecule has 2 aromatic rings. The van der Waals surface area contributed by atoms with Crippen molar-refractivity contribution >= 4 is 11.6 Å². The maximum absolute atomic E-state index is 12.3. The molecule has 4 nitrogen and oxygen atoms in total. The Labute approximate surface area is 117 Å². The molecule has 0 unspecified atom stereocenters. The highest BCUT2D eigenvalue weighted by molar-refractivity contribution is 6.05. The number of pyridine rings is 1. The highest BCUT2D eigenvalue weighted by Gasteiger charge is 2.12. The van der Waals surface area contributed by atoms with Crippen molar-refractivity contribution in [2.24, 2.45) is 0 Å². The van der Waals surface area contributed by atoms with E-state index in [1.165, 1.54) is 0 Å². The van der Waals surface area contributed by atoms with Gasteiger partial charge in [0.2, 0.25) is 0 Å². The van der Waals surface area contributed by atoms with Gasteiger partial charge in [0.15, 0.2) is 0 Å². The predicted molar refractivity (Wildman–Crippen MR) is 77.4 cm³/mol. The van der Waals surface area contributed by atoms with Crippen LogP contribution in [0.2, 0.25) is 0 Å². The molecule has 2 rings (SSSR count). The molecule has 100 valence electrons. The number of carbonyl (C=O) groups excluding carboxylic acids is 1. The molecule has 0 radical (unpaired) electrons. The van der Waals surface area contributed by atoms with Crippen molar-refractivity contribution in [1.82, 2.24) is 4.98 Å². The predicted octanol–water partition coefficient (Wildman–Crippen LogP) is 1.70. The van der Waals surface area contributed by atoms with Gasteiger partial charge in [-0.15, -0.1) is 0 Å². The molecule has 20 heavy (non-hydrogen) atoms. The summed E-state index contributed by atoms with van der Waals surface area (Å²) in [4.78, 5) is 17.8. The summed E-state index contributed by atoms with van der Waals surface area (Å²) < 4.78 is 0. The lowest BCUT2D eigenvalue weighted by Crippen LogP contribution is -2.26. The summed E-state index contributed by atoms with van der Waals surface area (Å²) in [5.74, 6) is 5.24. The number of aliphatic hydroxyl groups excluding tert-OH is 1. The molecule has 1 amide bonds. The quantitative estimate of drug-likeness (QED) is 0.842. The number of aliphatic hydroxyl groups is 1. The molecule has 0 saturated carbocycles. The molecule has 1 N–H and O–H groups in total. The van der Waals surface area contributed by atoms with Crippen LogP contribution in [0, 0.1) is 11.8 Å². The molecule has 1 aromatic heterocycles. The van der Waals surface area contributed by atoms with Gasteiger partial charge in [-0.1, -0.05) is 11.8 Å². The van der Waals surface area contributed by atoms with Gasteiger partial charge in [-0.3, -0.25) is 9.78 Å². The largest absolute Gasteiger partial charge is 0.384 e. The van der Waals surface area contributed by atoms with E-state index < -0.39 is 0 Å². The minimum atomic E-state index is -0.176. The number of aromatic nitrogens is 1. The van der Waals surface area contributed by atoms with E-state index in [1.54, 1.807) is 54.7 Å². The number of carbonyl (C=O) groups is 1. The van der Waals surface area contributed by atoms with Crippen LogP contribution in [0.1, 0.15) is 15.9 Å². The second kappa shape index (κ2) is 6.50. The molecule has 0 spiro atoms. The summed E-state index contributed by atoms with van der Waals surface area (Å²) in [6.07, 6.45) is 3.30. The van der Waals surface area contributed by atoms with Crippen molar-refractivity contribution < 1.29 is 9.90 Å². The smallest absolute Gasteiger partial charge is 0.258 e. The third kappa shape index (κ3) is 3.22. The Kier molecular flexibility index (Phi) is 4.48. The topological polar surface area (TPSA) is 53.4 Å². The summed E-state index contributed by atoms with van der Waals surface area (Å²) in [5.41, 5.74) is 2.08. The van der Waals surface area contributed by atoms with Gasteiger partial charge in [0.05, 0.1) is 11.9 Å². The summed E-state index contributed by atoms with van der Waals surface area (Å²) in [7, 11) is 1.71. The Morgan fingerprint density at radius 3 is 2.65 bits per heavy atom. The van der Waals surface area contributed by atoms with Gasteiger partial charge in [0.25, 0.3) is 5.91 Å². The standard InChI is InChI=1S/C16H14N2O2/c1-18(15-5-2-10-17-12-15)16(20)14-8-6-13(7-9-14)4-3-11-19/h2,5-10,12,19H,11H2,1H3. The van der Waals surface area contributed by atoms with Crippen molar-refractivity contribution in [2.75, 3.05) is 18.6 Å². The Bertz CT molecular complexity index is 640. The molecule has 0 saturated heterocycles. The number of anilines is 1. The van der Waals surface area contributed by atoms with Crippen molar-refractivity contribution in [2.45, 2.75) is 0 Å². The third-order valence-corrected chi connectivity index (χ3v) is 2.78. The van der Waals surface area contributed by atoms with Crippen molar-refractivity contribution in [3.63, 3.8) is 0 Å². The molecule has 0 aliphatic rings. The van der Waals surface area contributed by atoms with Gasteiger partial charge in [0, 0.05) is 24.4 Å². The van der Waals surface area contributed by atoms with Crippen molar-refractivity contribution in [3.05, 3.63) is 59.9 Å². The fourth-order valence-corrected chi connectivity index (χ4v) is 1.70. The van der Waals surface area contributed by atoms with Crippen LogP contribution in [-0.2, 0) is 0 Å². The molecular weight excluding hydrogens is 252 g/mol. The van der Waals surface area contributed by atoms with E-state index in [-0.39, 0.29) is 12.5 Å². The number of nitrogens with zero attached hydrogens (tertiary/aromatic N) is 2. The molecule has 0 fully saturated rings. The SMILES string of the molecule is CN(C(=O)c1ccc(C#CCO)cc1)c1cccnc1. The fraction of sp³-hybridized carbons (Fsp3) is 0.125. The fourth-order valence-electron chi connectivity index (χ4n) is 1.70. The Hall–Kier alpha value is -2.64. The van der Waals surface area contributed by atoms with Crippen LogP contribution in [0.15, 0.2) is 48.8 Å². The monoisotopic (exact) mass is 266 g/mol. The summed E-state index contributed by atoms with van der Waals surface area (Å²) in [5, 5.41) is 8.63. The number of rotatable bonds is 2. The molecule has 4 heteroatoms. The Morgan fingerprint density at radius 1 is 1.30 bits per heavy atom. The van der Waals surface area contributed by atoms with Crippen LogP contribution < -0.4 is 4.90 Å². The van der Waals surface area contributed by atoms with Crippen LogP contribution in [0.25, 0.3) is 0 Å². The van der Waals surface area contributed by atoms with Gasteiger partial charge in [-0.2, -0.15) is 0 Å². The Balaban J connectivity index is 2.17. The molecule has 1 aromatic carbocycles. The molecular formula is C16H14N2O2. The highest BCUT2D eigenvalue weighted by atomic mass is 16.2. The van der Waals surface area contributed by atoms with E-state index in [2.05, 4.69) is 16.8 Å². The lowest BCUT2D eigenvalue weighted by atomic mass is 10.1. The first-order chi connectivity index (χ1) is 9.72. The Morgan fingerprint density at radius 2 is 2.05 bits per heavy atom. The highest BCUT2D eigenvalue weighted by Crippen LogP contribution is 2.14. The van der Waals surface area contributed by atoms with E-state index in [9.17, 15) is 4.79 Å². The normalized spacial score (nSPS) is 9.50. The third-order valence-electron chi connectivity index (χ3n) is 2.78. The maximum Gasteiger partial charge on any atom is 0.258 e.